The maximum absolute atomic E-state index is 11.2. The number of esters is 1. The normalized spacial score (nSPS) is 9.76. The van der Waals surface area contributed by atoms with Crippen LogP contribution in [0.25, 0.3) is 0 Å². The topological polar surface area (TPSA) is 78.6 Å². The van der Waals surface area contributed by atoms with Gasteiger partial charge in [0.15, 0.2) is 0 Å². The number of rotatable bonds is 5. The summed E-state index contributed by atoms with van der Waals surface area (Å²) in [5, 5.41) is 11.7. The van der Waals surface area contributed by atoms with Crippen LogP contribution in [0.1, 0.15) is 12.5 Å². The summed E-state index contributed by atoms with van der Waals surface area (Å²) < 4.78 is 4.75. The summed E-state index contributed by atoms with van der Waals surface area (Å²) in [5.74, 6) is -0.419. The SMILES string of the molecule is CCOC(=O)CNc1c(C)cccc1[N+](=O)O. The van der Waals surface area contributed by atoms with Gasteiger partial charge in [0.1, 0.15) is 12.2 Å². The van der Waals surface area contributed by atoms with Gasteiger partial charge >= 0.3 is 11.7 Å². The first kappa shape index (κ1) is 13.0. The van der Waals surface area contributed by atoms with Crippen molar-refractivity contribution in [1.82, 2.24) is 0 Å². The van der Waals surface area contributed by atoms with Crippen LogP contribution in [0.5, 0.6) is 0 Å². The molecule has 0 aliphatic carbocycles. The second-order valence-electron chi connectivity index (χ2n) is 3.40. The minimum atomic E-state index is -0.419. The molecular formula is C11H15N2O4+. The molecule has 1 rings (SSSR count). The molecule has 0 saturated heterocycles. The van der Waals surface area contributed by atoms with E-state index in [1.165, 1.54) is 6.07 Å². The molecule has 1 aromatic carbocycles. The molecule has 92 valence electrons. The Morgan fingerprint density at radius 1 is 1.53 bits per heavy atom. The quantitative estimate of drug-likeness (QED) is 0.604. The lowest BCUT2D eigenvalue weighted by Gasteiger charge is -2.07. The highest BCUT2D eigenvalue weighted by atomic mass is 16.6. The third kappa shape index (κ3) is 3.44. The summed E-state index contributed by atoms with van der Waals surface area (Å²) in [4.78, 5) is 21.8. The number of benzene rings is 1. The summed E-state index contributed by atoms with van der Waals surface area (Å²) in [7, 11) is 0. The fraction of sp³-hybridized carbons (Fsp3) is 0.364. The van der Waals surface area contributed by atoms with E-state index in [1.807, 2.05) is 0 Å². The zero-order valence-corrected chi connectivity index (χ0v) is 9.77. The fourth-order valence-electron chi connectivity index (χ4n) is 1.41. The number of carbonyl (C=O) groups is 1. The van der Waals surface area contributed by atoms with Crippen LogP contribution in [0.3, 0.4) is 0 Å². The van der Waals surface area contributed by atoms with E-state index in [2.05, 4.69) is 5.32 Å². The lowest BCUT2D eigenvalue weighted by atomic mass is 10.1. The number of aryl methyl sites for hydroxylation is 1. The molecule has 0 unspecified atom stereocenters. The first-order chi connectivity index (χ1) is 8.06. The molecule has 0 aromatic heterocycles. The van der Waals surface area contributed by atoms with Crippen LogP contribution in [0.15, 0.2) is 18.2 Å². The Bertz CT molecular complexity index is 431. The number of nitrogens with one attached hydrogen (secondary N) is 1. The van der Waals surface area contributed by atoms with E-state index in [-0.39, 0.29) is 17.2 Å². The van der Waals surface area contributed by atoms with Crippen LogP contribution in [0.2, 0.25) is 0 Å². The van der Waals surface area contributed by atoms with Crippen molar-refractivity contribution in [2.45, 2.75) is 13.8 Å². The van der Waals surface area contributed by atoms with E-state index in [0.717, 1.165) is 5.56 Å². The predicted molar refractivity (Wildman–Crippen MR) is 61.4 cm³/mol. The third-order valence-corrected chi connectivity index (χ3v) is 2.17. The minimum Gasteiger partial charge on any atom is -0.465 e. The molecule has 0 spiro atoms. The summed E-state index contributed by atoms with van der Waals surface area (Å²) in [6.07, 6.45) is 0. The molecule has 1 aromatic rings. The molecule has 0 bridgehead atoms. The van der Waals surface area contributed by atoms with Gasteiger partial charge in [-0.3, -0.25) is 4.79 Å². The molecular weight excluding hydrogens is 224 g/mol. The second-order valence-corrected chi connectivity index (χ2v) is 3.40. The van der Waals surface area contributed by atoms with Crippen molar-refractivity contribution in [3.63, 3.8) is 0 Å². The molecule has 0 aliphatic heterocycles. The number of anilines is 1. The zero-order valence-electron chi connectivity index (χ0n) is 9.77. The summed E-state index contributed by atoms with van der Waals surface area (Å²) in [6, 6.07) is 4.86. The molecule has 0 amide bonds. The first-order valence-electron chi connectivity index (χ1n) is 5.21. The van der Waals surface area contributed by atoms with E-state index in [1.54, 1.807) is 26.0 Å². The van der Waals surface area contributed by atoms with E-state index < -0.39 is 5.97 Å². The predicted octanol–water partition coefficient (Wildman–Crippen LogP) is 1.77. The standard InChI is InChI=1S/C11H15N2O4/c1-3-17-10(14)7-12-11-8(2)5-4-6-9(11)13(15)16/h4-6,12H,3,7H2,1-2H3,(H,15,16)/q+1. The number of ether oxygens (including phenoxy) is 1. The Hall–Kier alpha value is -2.11. The first-order valence-corrected chi connectivity index (χ1v) is 5.21. The largest absolute Gasteiger partial charge is 0.465 e. The monoisotopic (exact) mass is 239 g/mol. The number of para-hydroxylation sites is 1. The van der Waals surface area contributed by atoms with Gasteiger partial charge < -0.3 is 10.1 Å². The average Bonchev–Trinajstić information content (AvgIpc) is 2.27. The highest BCUT2D eigenvalue weighted by Gasteiger charge is 2.20. The van der Waals surface area contributed by atoms with E-state index in [0.29, 0.717) is 12.3 Å². The van der Waals surface area contributed by atoms with Gasteiger partial charge in [-0.25, -0.2) is 5.21 Å². The van der Waals surface area contributed by atoms with Crippen LogP contribution >= 0.6 is 0 Å². The van der Waals surface area contributed by atoms with Gasteiger partial charge in [0, 0.05) is 6.07 Å². The van der Waals surface area contributed by atoms with Gasteiger partial charge in [-0.05, 0) is 19.4 Å². The van der Waals surface area contributed by atoms with Gasteiger partial charge in [-0.2, -0.15) is 0 Å². The summed E-state index contributed by atoms with van der Waals surface area (Å²) in [5.41, 5.74) is 1.23. The van der Waals surface area contributed by atoms with Crippen LogP contribution in [-0.4, -0.2) is 29.3 Å². The Labute approximate surface area is 98.7 Å². The molecule has 6 nitrogen and oxygen atoms in total. The Morgan fingerprint density at radius 3 is 2.82 bits per heavy atom. The Morgan fingerprint density at radius 2 is 2.24 bits per heavy atom. The van der Waals surface area contributed by atoms with Crippen molar-refractivity contribution in [3.05, 3.63) is 28.7 Å². The smallest absolute Gasteiger partial charge is 0.339 e. The van der Waals surface area contributed by atoms with Crippen molar-refractivity contribution in [2.24, 2.45) is 0 Å². The van der Waals surface area contributed by atoms with Gasteiger partial charge in [-0.15, -0.1) is 0 Å². The van der Waals surface area contributed by atoms with Crippen molar-refractivity contribution in [1.29, 1.82) is 0 Å². The molecule has 17 heavy (non-hydrogen) atoms. The van der Waals surface area contributed by atoms with Gasteiger partial charge in [-0.1, -0.05) is 12.1 Å². The second kappa shape index (κ2) is 5.83. The molecule has 0 atom stereocenters. The molecule has 0 heterocycles. The van der Waals surface area contributed by atoms with E-state index >= 15 is 0 Å². The Kier molecular flexibility index (Phi) is 4.45. The molecule has 2 N–H and O–H groups in total. The third-order valence-electron chi connectivity index (χ3n) is 2.17. The average molecular weight is 239 g/mol. The fourth-order valence-corrected chi connectivity index (χ4v) is 1.41. The van der Waals surface area contributed by atoms with Gasteiger partial charge in [0.25, 0.3) is 4.92 Å². The zero-order chi connectivity index (χ0) is 12.8. The maximum atomic E-state index is 11.2. The summed E-state index contributed by atoms with van der Waals surface area (Å²) in [6.45, 7) is 3.72. The van der Waals surface area contributed by atoms with Crippen LogP contribution in [0, 0.1) is 11.8 Å². The van der Waals surface area contributed by atoms with E-state index in [4.69, 9.17) is 9.94 Å². The molecule has 6 heteroatoms. The summed E-state index contributed by atoms with van der Waals surface area (Å²) >= 11 is 0. The minimum absolute atomic E-state index is 0.0560. The van der Waals surface area contributed by atoms with Crippen molar-refractivity contribution >= 4 is 17.3 Å². The number of hydrogen-bond acceptors (Lipinski definition) is 4. The molecule has 0 radical (unpaired) electrons. The number of hydrogen-bond donors (Lipinski definition) is 2. The van der Waals surface area contributed by atoms with Crippen LogP contribution in [0.4, 0.5) is 11.4 Å². The highest BCUT2D eigenvalue weighted by molar-refractivity contribution is 5.77. The molecule has 0 aliphatic rings. The maximum Gasteiger partial charge on any atom is 0.339 e. The van der Waals surface area contributed by atoms with E-state index in [9.17, 15) is 9.70 Å². The van der Waals surface area contributed by atoms with Crippen LogP contribution in [-0.2, 0) is 9.53 Å². The highest BCUT2D eigenvalue weighted by Crippen LogP contribution is 2.26. The molecule has 0 fully saturated rings. The van der Waals surface area contributed by atoms with Crippen LogP contribution < -0.4 is 5.32 Å². The lowest BCUT2D eigenvalue weighted by molar-refractivity contribution is -0.729. The van der Waals surface area contributed by atoms with Crippen molar-refractivity contribution < 1.29 is 19.7 Å². The van der Waals surface area contributed by atoms with Crippen molar-refractivity contribution in [2.75, 3.05) is 18.5 Å². The lowest BCUT2D eigenvalue weighted by Crippen LogP contribution is -2.18. The molecule has 0 saturated carbocycles. The number of carbonyl (C=O) groups excluding carboxylic acids is 1. The van der Waals surface area contributed by atoms with Gasteiger partial charge in [0.2, 0.25) is 0 Å². The Balaban J connectivity index is 2.82. The van der Waals surface area contributed by atoms with Gasteiger partial charge in [0.05, 0.1) is 11.5 Å². The van der Waals surface area contributed by atoms with Crippen molar-refractivity contribution in [3.8, 4) is 0 Å². The number of nitrogens with zero attached hydrogens (tertiary/aromatic N) is 1.